The molecule has 0 saturated carbocycles. The average Bonchev–Trinajstić information content (AvgIpc) is 2.55. The summed E-state index contributed by atoms with van der Waals surface area (Å²) in [6, 6.07) is 12.8. The molecule has 1 saturated heterocycles. The molecular weight excluding hydrogens is 266 g/mol. The van der Waals surface area contributed by atoms with Gasteiger partial charge in [0.25, 0.3) is 5.91 Å². The SMILES string of the molecule is O=C(c1ccncc1)N1CCN(c2ccccc2)C(=O)C1. The number of pyridine rings is 1. The van der Waals surface area contributed by atoms with Crippen molar-refractivity contribution in [2.45, 2.75) is 0 Å². The molecule has 5 nitrogen and oxygen atoms in total. The van der Waals surface area contributed by atoms with Gasteiger partial charge in [-0.2, -0.15) is 0 Å². The topological polar surface area (TPSA) is 53.5 Å². The molecule has 2 aromatic rings. The number of piperazine rings is 1. The van der Waals surface area contributed by atoms with Gasteiger partial charge in [0.1, 0.15) is 6.54 Å². The standard InChI is InChI=1S/C16H15N3O2/c20-15-12-18(16(21)13-6-8-17-9-7-13)10-11-19(15)14-4-2-1-3-5-14/h1-9H,10-12H2. The van der Waals surface area contributed by atoms with E-state index in [4.69, 9.17) is 0 Å². The van der Waals surface area contributed by atoms with E-state index < -0.39 is 0 Å². The lowest BCUT2D eigenvalue weighted by atomic mass is 10.2. The van der Waals surface area contributed by atoms with E-state index in [1.54, 1.807) is 34.3 Å². The first-order valence-corrected chi connectivity index (χ1v) is 6.80. The maximum atomic E-state index is 12.3. The van der Waals surface area contributed by atoms with Crippen molar-refractivity contribution in [3.8, 4) is 0 Å². The fourth-order valence-electron chi connectivity index (χ4n) is 2.40. The van der Waals surface area contributed by atoms with Gasteiger partial charge in [0.15, 0.2) is 0 Å². The molecular formula is C16H15N3O2. The van der Waals surface area contributed by atoms with Crippen LogP contribution in [0.1, 0.15) is 10.4 Å². The average molecular weight is 281 g/mol. The molecule has 0 N–H and O–H groups in total. The Labute approximate surface area is 122 Å². The largest absolute Gasteiger partial charge is 0.328 e. The maximum Gasteiger partial charge on any atom is 0.254 e. The molecule has 0 unspecified atom stereocenters. The second kappa shape index (κ2) is 5.75. The lowest BCUT2D eigenvalue weighted by molar-refractivity contribution is -0.120. The monoisotopic (exact) mass is 281 g/mol. The Kier molecular flexibility index (Phi) is 3.64. The summed E-state index contributed by atoms with van der Waals surface area (Å²) in [5, 5.41) is 0. The van der Waals surface area contributed by atoms with E-state index >= 15 is 0 Å². The smallest absolute Gasteiger partial charge is 0.254 e. The number of anilines is 1. The molecule has 2 heterocycles. The Hall–Kier alpha value is -2.69. The zero-order chi connectivity index (χ0) is 14.7. The number of aromatic nitrogens is 1. The van der Waals surface area contributed by atoms with Crippen LogP contribution in [0.2, 0.25) is 0 Å². The summed E-state index contributed by atoms with van der Waals surface area (Å²) < 4.78 is 0. The van der Waals surface area contributed by atoms with Gasteiger partial charge in [-0.15, -0.1) is 0 Å². The van der Waals surface area contributed by atoms with Gasteiger partial charge in [-0.05, 0) is 24.3 Å². The molecule has 106 valence electrons. The number of rotatable bonds is 2. The third-order valence-electron chi connectivity index (χ3n) is 3.50. The molecule has 0 bridgehead atoms. The van der Waals surface area contributed by atoms with Gasteiger partial charge in [0.2, 0.25) is 5.91 Å². The molecule has 1 aromatic heterocycles. The van der Waals surface area contributed by atoms with Crippen LogP contribution < -0.4 is 4.90 Å². The molecule has 0 atom stereocenters. The lowest BCUT2D eigenvalue weighted by Crippen LogP contribution is -2.52. The Bertz CT molecular complexity index is 643. The number of amides is 2. The number of hydrogen-bond acceptors (Lipinski definition) is 3. The minimum Gasteiger partial charge on any atom is -0.328 e. The number of hydrogen-bond donors (Lipinski definition) is 0. The van der Waals surface area contributed by atoms with E-state index in [2.05, 4.69) is 4.98 Å². The molecule has 3 rings (SSSR count). The summed E-state index contributed by atoms with van der Waals surface area (Å²) in [5.74, 6) is -0.187. The van der Waals surface area contributed by atoms with Gasteiger partial charge < -0.3 is 9.80 Å². The van der Waals surface area contributed by atoms with Crippen LogP contribution in [-0.4, -0.2) is 41.3 Å². The maximum absolute atomic E-state index is 12.3. The second-order valence-corrected chi connectivity index (χ2v) is 4.84. The van der Waals surface area contributed by atoms with Gasteiger partial charge >= 0.3 is 0 Å². The lowest BCUT2D eigenvalue weighted by Gasteiger charge is -2.34. The Morgan fingerprint density at radius 1 is 1.00 bits per heavy atom. The van der Waals surface area contributed by atoms with Crippen molar-refractivity contribution in [1.82, 2.24) is 9.88 Å². The molecule has 1 fully saturated rings. The van der Waals surface area contributed by atoms with Crippen LogP contribution in [0.4, 0.5) is 5.69 Å². The first-order chi connectivity index (χ1) is 10.3. The normalized spacial score (nSPS) is 15.1. The molecule has 1 aromatic carbocycles. The van der Waals surface area contributed by atoms with Crippen molar-refractivity contribution in [2.75, 3.05) is 24.5 Å². The van der Waals surface area contributed by atoms with Gasteiger partial charge in [-0.1, -0.05) is 18.2 Å². The summed E-state index contributed by atoms with van der Waals surface area (Å²) in [6.07, 6.45) is 3.16. The highest BCUT2D eigenvalue weighted by Gasteiger charge is 2.28. The van der Waals surface area contributed by atoms with E-state index in [9.17, 15) is 9.59 Å². The Morgan fingerprint density at radius 2 is 1.71 bits per heavy atom. The van der Waals surface area contributed by atoms with E-state index in [1.807, 2.05) is 30.3 Å². The van der Waals surface area contributed by atoms with Crippen molar-refractivity contribution in [1.29, 1.82) is 0 Å². The molecule has 0 spiro atoms. The van der Waals surface area contributed by atoms with Gasteiger partial charge in [-0.25, -0.2) is 0 Å². The van der Waals surface area contributed by atoms with Crippen molar-refractivity contribution in [3.63, 3.8) is 0 Å². The van der Waals surface area contributed by atoms with Crippen LogP contribution in [0.25, 0.3) is 0 Å². The van der Waals surface area contributed by atoms with Crippen molar-refractivity contribution in [2.24, 2.45) is 0 Å². The predicted molar refractivity (Wildman–Crippen MR) is 78.9 cm³/mol. The van der Waals surface area contributed by atoms with E-state index in [-0.39, 0.29) is 18.4 Å². The van der Waals surface area contributed by atoms with Gasteiger partial charge in [0, 0.05) is 36.7 Å². The summed E-state index contributed by atoms with van der Waals surface area (Å²) in [4.78, 5) is 31.8. The molecule has 0 aliphatic carbocycles. The first kappa shape index (κ1) is 13.3. The molecule has 21 heavy (non-hydrogen) atoms. The summed E-state index contributed by atoms with van der Waals surface area (Å²) >= 11 is 0. The number of para-hydroxylation sites is 1. The van der Waals surface area contributed by atoms with Crippen LogP contribution in [0.5, 0.6) is 0 Å². The van der Waals surface area contributed by atoms with E-state index in [0.29, 0.717) is 18.7 Å². The molecule has 5 heteroatoms. The summed E-state index contributed by atoms with van der Waals surface area (Å²) in [6.45, 7) is 1.15. The van der Waals surface area contributed by atoms with E-state index in [0.717, 1.165) is 5.69 Å². The molecule has 2 amide bonds. The van der Waals surface area contributed by atoms with Crippen molar-refractivity contribution < 1.29 is 9.59 Å². The minimum atomic E-state index is -0.126. The van der Waals surface area contributed by atoms with Crippen LogP contribution in [0, 0.1) is 0 Å². The first-order valence-electron chi connectivity index (χ1n) is 6.80. The zero-order valence-corrected chi connectivity index (χ0v) is 11.5. The fourth-order valence-corrected chi connectivity index (χ4v) is 2.40. The predicted octanol–water partition coefficient (Wildman–Crippen LogP) is 1.57. The van der Waals surface area contributed by atoms with Crippen LogP contribution >= 0.6 is 0 Å². The third-order valence-corrected chi connectivity index (χ3v) is 3.50. The molecule has 1 aliphatic heterocycles. The van der Waals surface area contributed by atoms with Crippen LogP contribution in [-0.2, 0) is 4.79 Å². The van der Waals surface area contributed by atoms with Crippen LogP contribution in [0.3, 0.4) is 0 Å². The van der Waals surface area contributed by atoms with Gasteiger partial charge in [-0.3, -0.25) is 14.6 Å². The van der Waals surface area contributed by atoms with Crippen LogP contribution in [0.15, 0.2) is 54.9 Å². The third kappa shape index (κ3) is 2.76. The number of nitrogens with zero attached hydrogens (tertiary/aromatic N) is 3. The zero-order valence-electron chi connectivity index (χ0n) is 11.5. The van der Waals surface area contributed by atoms with Gasteiger partial charge in [0.05, 0.1) is 0 Å². The number of carbonyl (C=O) groups excluding carboxylic acids is 2. The summed E-state index contributed by atoms with van der Waals surface area (Å²) in [7, 11) is 0. The highest BCUT2D eigenvalue weighted by atomic mass is 16.2. The quantitative estimate of drug-likeness (QED) is 0.839. The fraction of sp³-hybridized carbons (Fsp3) is 0.188. The van der Waals surface area contributed by atoms with Crippen molar-refractivity contribution in [3.05, 3.63) is 60.4 Å². The number of carbonyl (C=O) groups is 2. The highest BCUT2D eigenvalue weighted by Crippen LogP contribution is 2.17. The summed E-state index contributed by atoms with van der Waals surface area (Å²) in [5.41, 5.74) is 1.43. The molecule has 0 radical (unpaired) electrons. The second-order valence-electron chi connectivity index (χ2n) is 4.84. The Morgan fingerprint density at radius 3 is 2.38 bits per heavy atom. The molecule has 1 aliphatic rings. The number of benzene rings is 1. The van der Waals surface area contributed by atoms with Crippen molar-refractivity contribution >= 4 is 17.5 Å². The minimum absolute atomic E-state index is 0.0603. The highest BCUT2D eigenvalue weighted by molar-refractivity contribution is 6.01. The Balaban J connectivity index is 1.72. The van der Waals surface area contributed by atoms with E-state index in [1.165, 1.54) is 0 Å².